The van der Waals surface area contributed by atoms with Crippen LogP contribution in [0.15, 0.2) is 71.8 Å². The number of nitrogens with zero attached hydrogens (tertiary/aromatic N) is 1. The van der Waals surface area contributed by atoms with Gasteiger partial charge in [0.1, 0.15) is 5.75 Å². The number of amides is 1. The van der Waals surface area contributed by atoms with E-state index in [2.05, 4.69) is 10.5 Å². The van der Waals surface area contributed by atoms with Gasteiger partial charge in [-0.3, -0.25) is 4.79 Å². The van der Waals surface area contributed by atoms with Crippen molar-refractivity contribution in [1.82, 2.24) is 5.43 Å². The van der Waals surface area contributed by atoms with Crippen LogP contribution in [-0.4, -0.2) is 31.8 Å². The average Bonchev–Trinajstić information content (AvgIpc) is 2.84. The summed E-state index contributed by atoms with van der Waals surface area (Å²) in [5, 5.41) is 4.49. The normalized spacial score (nSPS) is 10.6. The van der Waals surface area contributed by atoms with Gasteiger partial charge in [-0.25, -0.2) is 10.2 Å². The maximum atomic E-state index is 12.5. The monoisotopic (exact) mass is 466 g/mol. The van der Waals surface area contributed by atoms with Gasteiger partial charge in [-0.2, -0.15) is 5.10 Å². The molecular formula is C25H23ClN2O5. The summed E-state index contributed by atoms with van der Waals surface area (Å²) in [6.45, 7) is 2.63. The SMILES string of the molecule is CCCOc1ccc(C(=O)Oc2ccc(/C=N/NC(=O)c3ccc(Cl)cc3)cc2OC)cc1. The molecule has 3 aromatic rings. The van der Waals surface area contributed by atoms with Crippen molar-refractivity contribution in [2.45, 2.75) is 13.3 Å². The van der Waals surface area contributed by atoms with E-state index in [9.17, 15) is 9.59 Å². The number of esters is 1. The number of carbonyl (C=O) groups excluding carboxylic acids is 2. The van der Waals surface area contributed by atoms with E-state index in [0.717, 1.165) is 6.42 Å². The zero-order valence-electron chi connectivity index (χ0n) is 18.2. The van der Waals surface area contributed by atoms with E-state index < -0.39 is 5.97 Å². The van der Waals surface area contributed by atoms with Crippen molar-refractivity contribution in [2.24, 2.45) is 5.10 Å². The Labute approximate surface area is 196 Å². The predicted molar refractivity (Wildman–Crippen MR) is 127 cm³/mol. The van der Waals surface area contributed by atoms with Crippen LogP contribution in [0.25, 0.3) is 0 Å². The first-order chi connectivity index (χ1) is 16.0. The lowest BCUT2D eigenvalue weighted by atomic mass is 10.2. The van der Waals surface area contributed by atoms with Crippen molar-refractivity contribution >= 4 is 29.7 Å². The van der Waals surface area contributed by atoms with Crippen LogP contribution in [0, 0.1) is 0 Å². The van der Waals surface area contributed by atoms with Crippen molar-refractivity contribution in [3.05, 3.63) is 88.4 Å². The van der Waals surface area contributed by atoms with Crippen LogP contribution in [0.5, 0.6) is 17.2 Å². The lowest BCUT2D eigenvalue weighted by Crippen LogP contribution is -2.17. The van der Waals surface area contributed by atoms with Crippen LogP contribution >= 0.6 is 11.6 Å². The maximum absolute atomic E-state index is 12.5. The van der Waals surface area contributed by atoms with Gasteiger partial charge in [0.25, 0.3) is 5.91 Å². The minimum absolute atomic E-state index is 0.260. The van der Waals surface area contributed by atoms with Crippen LogP contribution in [0.2, 0.25) is 5.02 Å². The molecule has 0 aliphatic heterocycles. The van der Waals surface area contributed by atoms with E-state index in [1.165, 1.54) is 13.3 Å². The highest BCUT2D eigenvalue weighted by Gasteiger charge is 2.13. The lowest BCUT2D eigenvalue weighted by molar-refractivity contribution is 0.0729. The van der Waals surface area contributed by atoms with Crippen molar-refractivity contribution in [1.29, 1.82) is 0 Å². The first-order valence-corrected chi connectivity index (χ1v) is 10.6. The Hall–Kier alpha value is -3.84. The Balaban J connectivity index is 1.62. The molecule has 3 rings (SSSR count). The third-order valence-corrected chi connectivity index (χ3v) is 4.69. The Morgan fingerprint density at radius 2 is 1.67 bits per heavy atom. The largest absolute Gasteiger partial charge is 0.494 e. The molecule has 0 bridgehead atoms. The molecule has 0 saturated carbocycles. The molecule has 170 valence electrons. The Kier molecular flexibility index (Phi) is 8.43. The van der Waals surface area contributed by atoms with Crippen LogP contribution in [0.4, 0.5) is 0 Å². The van der Waals surface area contributed by atoms with Crippen LogP contribution in [0.1, 0.15) is 39.6 Å². The number of hydrogen-bond donors (Lipinski definition) is 1. The standard InChI is InChI=1S/C25H23ClN2O5/c1-3-14-32-21-11-7-19(8-12-21)25(30)33-22-13-4-17(15-23(22)31-2)16-27-28-24(29)18-5-9-20(26)10-6-18/h4-13,15-16H,3,14H2,1-2H3,(H,28,29)/b27-16+. The molecule has 0 radical (unpaired) electrons. The van der Waals surface area contributed by atoms with Crippen molar-refractivity contribution in [3.8, 4) is 17.2 Å². The summed E-state index contributed by atoms with van der Waals surface area (Å²) in [6, 6.07) is 18.1. The zero-order valence-corrected chi connectivity index (χ0v) is 19.0. The molecule has 1 amide bonds. The van der Waals surface area contributed by atoms with E-state index in [0.29, 0.717) is 39.8 Å². The molecule has 0 spiro atoms. The second-order valence-corrected chi connectivity index (χ2v) is 7.32. The molecule has 0 heterocycles. The Morgan fingerprint density at radius 3 is 2.33 bits per heavy atom. The number of halogens is 1. The molecule has 0 aromatic heterocycles. The minimum Gasteiger partial charge on any atom is -0.494 e. The van der Waals surface area contributed by atoms with Gasteiger partial charge in [0.05, 0.1) is 25.5 Å². The second kappa shape index (κ2) is 11.7. The molecule has 1 N–H and O–H groups in total. The van der Waals surface area contributed by atoms with E-state index >= 15 is 0 Å². The van der Waals surface area contributed by atoms with Crippen molar-refractivity contribution in [2.75, 3.05) is 13.7 Å². The van der Waals surface area contributed by atoms with Gasteiger partial charge in [0.15, 0.2) is 11.5 Å². The molecule has 33 heavy (non-hydrogen) atoms. The fourth-order valence-corrected chi connectivity index (χ4v) is 2.87. The molecule has 0 aliphatic rings. The van der Waals surface area contributed by atoms with E-state index in [4.69, 9.17) is 25.8 Å². The Morgan fingerprint density at radius 1 is 0.970 bits per heavy atom. The molecule has 7 nitrogen and oxygen atoms in total. The van der Waals surface area contributed by atoms with E-state index in [-0.39, 0.29) is 11.7 Å². The summed E-state index contributed by atoms with van der Waals surface area (Å²) in [4.78, 5) is 24.6. The first kappa shape index (κ1) is 23.8. The van der Waals surface area contributed by atoms with Gasteiger partial charge >= 0.3 is 5.97 Å². The summed E-state index contributed by atoms with van der Waals surface area (Å²) in [5.41, 5.74) is 3.90. The van der Waals surface area contributed by atoms with Gasteiger partial charge in [0.2, 0.25) is 0 Å². The smallest absolute Gasteiger partial charge is 0.343 e. The predicted octanol–water partition coefficient (Wildman–Crippen LogP) is 5.12. The number of ether oxygens (including phenoxy) is 3. The van der Waals surface area contributed by atoms with Crippen LogP contribution in [-0.2, 0) is 0 Å². The molecule has 0 atom stereocenters. The van der Waals surface area contributed by atoms with Gasteiger partial charge in [-0.15, -0.1) is 0 Å². The fraction of sp³-hybridized carbons (Fsp3) is 0.160. The zero-order chi connectivity index (χ0) is 23.6. The summed E-state index contributed by atoms with van der Waals surface area (Å²) < 4.78 is 16.3. The fourth-order valence-electron chi connectivity index (χ4n) is 2.75. The number of methoxy groups -OCH3 is 1. The molecule has 0 fully saturated rings. The Bertz CT molecular complexity index is 1130. The number of carbonyl (C=O) groups is 2. The molecular weight excluding hydrogens is 444 g/mol. The number of hydrogen-bond acceptors (Lipinski definition) is 6. The van der Waals surface area contributed by atoms with Gasteiger partial charge < -0.3 is 14.2 Å². The van der Waals surface area contributed by atoms with Crippen LogP contribution in [0.3, 0.4) is 0 Å². The van der Waals surface area contributed by atoms with Crippen LogP contribution < -0.4 is 19.6 Å². The number of rotatable bonds is 9. The summed E-state index contributed by atoms with van der Waals surface area (Å²) in [7, 11) is 1.47. The van der Waals surface area contributed by atoms with E-state index in [1.54, 1.807) is 66.7 Å². The molecule has 0 aliphatic carbocycles. The highest BCUT2D eigenvalue weighted by molar-refractivity contribution is 6.30. The third kappa shape index (κ3) is 6.82. The third-order valence-electron chi connectivity index (χ3n) is 4.44. The quantitative estimate of drug-likeness (QED) is 0.205. The number of benzene rings is 3. The average molecular weight is 467 g/mol. The molecule has 3 aromatic carbocycles. The molecule has 0 saturated heterocycles. The summed E-state index contributed by atoms with van der Waals surface area (Å²) in [5.74, 6) is 0.409. The molecule has 8 heteroatoms. The molecule has 0 unspecified atom stereocenters. The number of nitrogens with one attached hydrogen (secondary N) is 1. The first-order valence-electron chi connectivity index (χ1n) is 10.2. The topological polar surface area (TPSA) is 86.2 Å². The second-order valence-electron chi connectivity index (χ2n) is 6.88. The van der Waals surface area contributed by atoms with Crippen molar-refractivity contribution < 1.29 is 23.8 Å². The van der Waals surface area contributed by atoms with E-state index in [1.807, 2.05) is 6.92 Å². The van der Waals surface area contributed by atoms with Gasteiger partial charge in [-0.1, -0.05) is 18.5 Å². The van der Waals surface area contributed by atoms with Gasteiger partial charge in [0, 0.05) is 10.6 Å². The summed E-state index contributed by atoms with van der Waals surface area (Å²) >= 11 is 5.82. The van der Waals surface area contributed by atoms with Crippen molar-refractivity contribution in [3.63, 3.8) is 0 Å². The highest BCUT2D eigenvalue weighted by Crippen LogP contribution is 2.28. The summed E-state index contributed by atoms with van der Waals surface area (Å²) in [6.07, 6.45) is 2.36. The minimum atomic E-state index is -0.521. The highest BCUT2D eigenvalue weighted by atomic mass is 35.5. The lowest BCUT2D eigenvalue weighted by Gasteiger charge is -2.10. The van der Waals surface area contributed by atoms with Gasteiger partial charge in [-0.05, 0) is 78.7 Å². The maximum Gasteiger partial charge on any atom is 0.343 e. The number of hydrazone groups is 1.